The molecule has 2 N–H and O–H groups in total. The van der Waals surface area contributed by atoms with Crippen LogP contribution in [0.1, 0.15) is 17.2 Å². The molecule has 19 heavy (non-hydrogen) atoms. The molecule has 0 aliphatic carbocycles. The number of aliphatic hydroxyl groups is 1. The van der Waals surface area contributed by atoms with E-state index in [1.165, 1.54) is 6.07 Å². The lowest BCUT2D eigenvalue weighted by atomic mass is 10.1. The Morgan fingerprint density at radius 2 is 1.89 bits per heavy atom. The highest BCUT2D eigenvalue weighted by Gasteiger charge is 2.06. The second-order valence-corrected chi connectivity index (χ2v) is 5.16. The van der Waals surface area contributed by atoms with E-state index in [2.05, 4.69) is 21.2 Å². The van der Waals surface area contributed by atoms with Crippen LogP contribution in [0.15, 0.2) is 53.0 Å². The van der Waals surface area contributed by atoms with Gasteiger partial charge in [-0.15, -0.1) is 0 Å². The molecule has 0 bridgehead atoms. The summed E-state index contributed by atoms with van der Waals surface area (Å²) in [5.74, 6) is -0.270. The van der Waals surface area contributed by atoms with Crippen molar-refractivity contribution in [2.24, 2.45) is 0 Å². The van der Waals surface area contributed by atoms with Gasteiger partial charge in [0.05, 0.1) is 10.6 Å². The van der Waals surface area contributed by atoms with Gasteiger partial charge in [0.25, 0.3) is 0 Å². The highest BCUT2D eigenvalue weighted by molar-refractivity contribution is 9.10. The summed E-state index contributed by atoms with van der Waals surface area (Å²) in [5.41, 5.74) is 1.85. The van der Waals surface area contributed by atoms with E-state index in [4.69, 9.17) is 0 Å². The number of rotatable bonds is 5. The quantitative estimate of drug-likeness (QED) is 0.883. The largest absolute Gasteiger partial charge is 0.387 e. The zero-order valence-electron chi connectivity index (χ0n) is 10.3. The van der Waals surface area contributed by atoms with Crippen LogP contribution in [0.3, 0.4) is 0 Å². The van der Waals surface area contributed by atoms with Crippen molar-refractivity contribution in [1.29, 1.82) is 0 Å². The normalized spacial score (nSPS) is 12.4. The van der Waals surface area contributed by atoms with E-state index in [1.54, 1.807) is 12.1 Å². The number of aliphatic hydroxyl groups excluding tert-OH is 1. The average molecular weight is 324 g/mol. The number of hydrogen-bond donors (Lipinski definition) is 2. The maximum atomic E-state index is 13.1. The Kier molecular flexibility index (Phi) is 5.07. The van der Waals surface area contributed by atoms with Crippen LogP contribution in [-0.2, 0) is 6.54 Å². The van der Waals surface area contributed by atoms with E-state index in [0.717, 1.165) is 11.1 Å². The van der Waals surface area contributed by atoms with E-state index >= 15 is 0 Å². The topological polar surface area (TPSA) is 32.3 Å². The third kappa shape index (κ3) is 4.13. The van der Waals surface area contributed by atoms with Crippen LogP contribution in [0, 0.1) is 5.82 Å². The Labute approximate surface area is 120 Å². The Balaban J connectivity index is 1.85. The first kappa shape index (κ1) is 14.2. The molecule has 0 heterocycles. The third-order valence-electron chi connectivity index (χ3n) is 2.84. The highest BCUT2D eigenvalue weighted by Crippen LogP contribution is 2.17. The predicted octanol–water partition coefficient (Wildman–Crippen LogP) is 3.41. The van der Waals surface area contributed by atoms with Crippen molar-refractivity contribution in [2.45, 2.75) is 12.6 Å². The van der Waals surface area contributed by atoms with Crippen molar-refractivity contribution in [3.63, 3.8) is 0 Å². The Morgan fingerprint density at radius 1 is 1.16 bits per heavy atom. The first-order valence-electron chi connectivity index (χ1n) is 6.04. The monoisotopic (exact) mass is 323 g/mol. The summed E-state index contributed by atoms with van der Waals surface area (Å²) < 4.78 is 13.5. The molecule has 100 valence electrons. The molecule has 1 atom stereocenters. The molecule has 0 aromatic heterocycles. The molecule has 2 rings (SSSR count). The summed E-state index contributed by atoms with van der Waals surface area (Å²) >= 11 is 3.15. The van der Waals surface area contributed by atoms with Crippen molar-refractivity contribution in [2.75, 3.05) is 6.54 Å². The van der Waals surface area contributed by atoms with Crippen LogP contribution in [0.5, 0.6) is 0 Å². The second kappa shape index (κ2) is 6.80. The third-order valence-corrected chi connectivity index (χ3v) is 3.44. The predicted molar refractivity (Wildman–Crippen MR) is 77.2 cm³/mol. The van der Waals surface area contributed by atoms with Crippen LogP contribution in [-0.4, -0.2) is 11.7 Å². The molecular weight excluding hydrogens is 309 g/mol. The maximum Gasteiger partial charge on any atom is 0.137 e. The lowest BCUT2D eigenvalue weighted by Crippen LogP contribution is -2.21. The zero-order valence-corrected chi connectivity index (χ0v) is 11.9. The highest BCUT2D eigenvalue weighted by atomic mass is 79.9. The second-order valence-electron chi connectivity index (χ2n) is 4.31. The van der Waals surface area contributed by atoms with Gasteiger partial charge in [0.2, 0.25) is 0 Å². The van der Waals surface area contributed by atoms with Crippen molar-refractivity contribution in [3.05, 3.63) is 69.9 Å². The molecule has 2 aromatic rings. The summed E-state index contributed by atoms with van der Waals surface area (Å²) in [6.07, 6.45) is -0.537. The van der Waals surface area contributed by atoms with E-state index in [9.17, 15) is 9.50 Å². The standard InChI is InChI=1S/C15H15BrFNO/c16-13-8-11(6-7-14(13)17)9-18-10-15(19)12-4-2-1-3-5-12/h1-8,15,18-19H,9-10H2. The fourth-order valence-corrected chi connectivity index (χ4v) is 2.22. The van der Waals surface area contributed by atoms with Gasteiger partial charge in [0, 0.05) is 13.1 Å². The zero-order chi connectivity index (χ0) is 13.7. The molecule has 0 amide bonds. The van der Waals surface area contributed by atoms with Crippen molar-refractivity contribution in [3.8, 4) is 0 Å². The van der Waals surface area contributed by atoms with Gasteiger partial charge in [-0.3, -0.25) is 0 Å². The van der Waals surface area contributed by atoms with Crippen LogP contribution >= 0.6 is 15.9 Å². The molecule has 0 aliphatic heterocycles. The van der Waals surface area contributed by atoms with Gasteiger partial charge in [-0.2, -0.15) is 0 Å². The lowest BCUT2D eigenvalue weighted by Gasteiger charge is -2.12. The van der Waals surface area contributed by atoms with E-state index in [0.29, 0.717) is 17.6 Å². The Hall–Kier alpha value is -1.23. The van der Waals surface area contributed by atoms with Crippen LogP contribution in [0.4, 0.5) is 4.39 Å². The summed E-state index contributed by atoms with van der Waals surface area (Å²) in [6, 6.07) is 14.4. The first-order chi connectivity index (χ1) is 9.16. The molecule has 1 unspecified atom stereocenters. The number of hydrogen-bond acceptors (Lipinski definition) is 2. The summed E-state index contributed by atoms with van der Waals surface area (Å²) in [5, 5.41) is 13.1. The number of nitrogens with one attached hydrogen (secondary N) is 1. The van der Waals surface area contributed by atoms with Gasteiger partial charge in [-0.25, -0.2) is 4.39 Å². The number of benzene rings is 2. The molecule has 0 radical (unpaired) electrons. The summed E-state index contributed by atoms with van der Waals surface area (Å²) in [7, 11) is 0. The molecule has 2 nitrogen and oxygen atoms in total. The molecule has 4 heteroatoms. The minimum Gasteiger partial charge on any atom is -0.387 e. The molecule has 0 spiro atoms. The smallest absolute Gasteiger partial charge is 0.137 e. The van der Waals surface area contributed by atoms with Crippen LogP contribution in [0.25, 0.3) is 0 Å². The van der Waals surface area contributed by atoms with Gasteiger partial charge < -0.3 is 10.4 Å². The fourth-order valence-electron chi connectivity index (χ4n) is 1.80. The molecule has 0 saturated carbocycles. The van der Waals surface area contributed by atoms with Crippen molar-refractivity contribution in [1.82, 2.24) is 5.32 Å². The minimum absolute atomic E-state index is 0.270. The number of halogens is 2. The Bertz CT molecular complexity index is 533. The molecule has 0 saturated heterocycles. The van der Waals surface area contributed by atoms with Crippen LogP contribution < -0.4 is 5.32 Å². The van der Waals surface area contributed by atoms with Gasteiger partial charge >= 0.3 is 0 Å². The molecular formula is C15H15BrFNO. The first-order valence-corrected chi connectivity index (χ1v) is 6.84. The molecule has 0 aliphatic rings. The van der Waals surface area contributed by atoms with Gasteiger partial charge in [0.1, 0.15) is 5.82 Å². The van der Waals surface area contributed by atoms with E-state index < -0.39 is 6.10 Å². The SMILES string of the molecule is OC(CNCc1ccc(F)c(Br)c1)c1ccccc1. The minimum atomic E-state index is -0.537. The summed E-state index contributed by atoms with van der Waals surface area (Å²) in [4.78, 5) is 0. The average Bonchev–Trinajstić information content (AvgIpc) is 2.43. The van der Waals surface area contributed by atoms with Crippen LogP contribution in [0.2, 0.25) is 0 Å². The molecule has 2 aromatic carbocycles. The van der Waals surface area contributed by atoms with Crippen molar-refractivity contribution < 1.29 is 9.50 Å². The maximum absolute atomic E-state index is 13.1. The van der Waals surface area contributed by atoms with Gasteiger partial charge in [-0.1, -0.05) is 36.4 Å². The Morgan fingerprint density at radius 3 is 2.58 bits per heavy atom. The van der Waals surface area contributed by atoms with E-state index in [1.807, 2.05) is 30.3 Å². The van der Waals surface area contributed by atoms with Crippen molar-refractivity contribution >= 4 is 15.9 Å². The lowest BCUT2D eigenvalue weighted by molar-refractivity contribution is 0.174. The summed E-state index contributed by atoms with van der Waals surface area (Å²) in [6.45, 7) is 1.04. The van der Waals surface area contributed by atoms with Gasteiger partial charge in [0.15, 0.2) is 0 Å². The van der Waals surface area contributed by atoms with E-state index in [-0.39, 0.29) is 5.82 Å². The molecule has 0 fully saturated rings. The van der Waals surface area contributed by atoms with Gasteiger partial charge in [-0.05, 0) is 39.2 Å². The fraction of sp³-hybridized carbons (Fsp3) is 0.200.